The van der Waals surface area contributed by atoms with Gasteiger partial charge in [0.2, 0.25) is 5.88 Å². The molecule has 0 atom stereocenters. The standard InChI is InChI=1S/C51H52ClN11O11S5/c1-30-11-8-12-44-48(30)54-50-37(29-53)34(5)49(51(64)63(44)50)62-59-41-23-31(2)38(26-45(41)74-17-6-7-20-77(65,66)67)57-60-42-25-33(4)40(28-47(42)76-19-10-22-79(71,72)73)58-61-43-24-32(3)39(56-55-36-15-13-35(52)14-16-36)27-46(43)75-18-9-21-78(68,69)70/h8,11-16,23-28,64H,6-7,9-10,17-22H2,1-5H3,(H,65,66,67)(H,68,69,70)(H,71,72,73). The molecule has 0 aliphatic heterocycles. The number of nitriles is 1. The van der Waals surface area contributed by atoms with Crippen molar-refractivity contribution in [3.8, 4) is 17.7 Å². The summed E-state index contributed by atoms with van der Waals surface area (Å²) in [6, 6.07) is 24.5. The number of para-hydroxylation sites is 1. The first kappa shape index (κ1) is 59.9. The van der Waals surface area contributed by atoms with Gasteiger partial charge in [0.15, 0.2) is 11.3 Å². The van der Waals surface area contributed by atoms with Crippen molar-refractivity contribution in [3.63, 3.8) is 0 Å². The van der Waals surface area contributed by atoms with E-state index in [0.29, 0.717) is 88.0 Å². The number of fused-ring (bicyclic) bond motifs is 3. The minimum absolute atomic E-state index is 0.0000566. The minimum Gasteiger partial charge on any atom is -0.493 e. The molecular weight excluding hydrogens is 1140 g/mol. The fraction of sp³-hybridized carbons (Fsp3) is 0.294. The van der Waals surface area contributed by atoms with E-state index in [1.807, 2.05) is 19.9 Å². The van der Waals surface area contributed by atoms with Gasteiger partial charge in [-0.3, -0.25) is 18.1 Å². The lowest BCUT2D eigenvalue weighted by molar-refractivity contribution is 0.310. The van der Waals surface area contributed by atoms with E-state index in [2.05, 4.69) is 52.0 Å². The number of imidazole rings is 1. The molecule has 0 amide bonds. The number of halogens is 1. The zero-order valence-corrected chi connectivity index (χ0v) is 47.9. The number of thioether (sulfide) groups is 2. The predicted molar refractivity (Wildman–Crippen MR) is 305 cm³/mol. The Morgan fingerprint density at radius 3 is 1.65 bits per heavy atom. The van der Waals surface area contributed by atoms with Crippen LogP contribution in [0.15, 0.2) is 130 Å². The number of unbranched alkanes of at least 4 members (excludes halogenated alkanes) is 1. The van der Waals surface area contributed by atoms with Crippen molar-refractivity contribution in [2.45, 2.75) is 70.1 Å². The summed E-state index contributed by atoms with van der Waals surface area (Å²) in [5.41, 5.74) is 7.39. The second-order valence-corrected chi connectivity index (χ2v) is 25.3. The highest BCUT2D eigenvalue weighted by Gasteiger charge is 2.22. The zero-order chi connectivity index (χ0) is 57.2. The molecule has 0 saturated carbocycles. The molecule has 414 valence electrons. The summed E-state index contributed by atoms with van der Waals surface area (Å²) in [6.45, 7) is 8.81. The van der Waals surface area contributed by atoms with Gasteiger partial charge in [-0.25, -0.2) is 4.98 Å². The van der Waals surface area contributed by atoms with Gasteiger partial charge in [0.25, 0.3) is 30.4 Å². The first-order valence-electron chi connectivity index (χ1n) is 24.0. The average Bonchev–Trinajstić information content (AvgIpc) is 3.84. The van der Waals surface area contributed by atoms with Crippen LogP contribution in [0.2, 0.25) is 5.02 Å². The molecule has 0 fully saturated rings. The van der Waals surface area contributed by atoms with Crippen molar-refractivity contribution < 1.29 is 48.8 Å². The molecule has 7 rings (SSSR count). The molecule has 2 aromatic heterocycles. The van der Waals surface area contributed by atoms with E-state index in [9.17, 15) is 49.3 Å². The third-order valence-electron chi connectivity index (χ3n) is 11.8. The highest BCUT2D eigenvalue weighted by Crippen LogP contribution is 2.44. The molecule has 7 aromatic rings. The topological polar surface area (TPSA) is 333 Å². The van der Waals surface area contributed by atoms with Crippen LogP contribution in [0.3, 0.4) is 0 Å². The summed E-state index contributed by atoms with van der Waals surface area (Å²) in [6.07, 6.45) is 0.534. The second kappa shape index (κ2) is 26.0. The van der Waals surface area contributed by atoms with Gasteiger partial charge in [-0.05, 0) is 155 Å². The monoisotopic (exact) mass is 1190 g/mol. The van der Waals surface area contributed by atoms with Crippen LogP contribution in [-0.4, -0.2) is 88.8 Å². The van der Waals surface area contributed by atoms with E-state index < -0.39 is 47.6 Å². The lowest BCUT2D eigenvalue weighted by Gasteiger charge is -2.12. The highest BCUT2D eigenvalue weighted by molar-refractivity contribution is 7.99. The smallest absolute Gasteiger partial charge is 0.264 e. The van der Waals surface area contributed by atoms with Crippen LogP contribution in [-0.2, 0) is 30.4 Å². The Morgan fingerprint density at radius 2 is 1.10 bits per heavy atom. The Labute approximate surface area is 469 Å². The van der Waals surface area contributed by atoms with Crippen molar-refractivity contribution in [2.75, 3.05) is 35.4 Å². The van der Waals surface area contributed by atoms with Crippen molar-refractivity contribution in [2.24, 2.45) is 40.9 Å². The van der Waals surface area contributed by atoms with Crippen LogP contribution in [0.5, 0.6) is 11.6 Å². The van der Waals surface area contributed by atoms with Crippen molar-refractivity contribution in [1.82, 2.24) is 9.38 Å². The van der Waals surface area contributed by atoms with Gasteiger partial charge in [-0.15, -0.1) is 44.0 Å². The molecule has 28 heteroatoms. The van der Waals surface area contributed by atoms with Gasteiger partial charge in [0.1, 0.15) is 23.1 Å². The first-order chi connectivity index (χ1) is 37.4. The number of hydrogen-bond acceptors (Lipinski definition) is 20. The maximum absolute atomic E-state index is 11.7. The van der Waals surface area contributed by atoms with E-state index in [-0.39, 0.29) is 72.3 Å². The number of pyridine rings is 1. The van der Waals surface area contributed by atoms with Gasteiger partial charge < -0.3 is 9.84 Å². The van der Waals surface area contributed by atoms with Crippen LogP contribution in [0.4, 0.5) is 45.5 Å². The Hall–Kier alpha value is -6.74. The van der Waals surface area contributed by atoms with E-state index in [4.69, 9.17) is 16.3 Å². The van der Waals surface area contributed by atoms with Crippen molar-refractivity contribution >= 4 is 128 Å². The van der Waals surface area contributed by atoms with Crippen LogP contribution in [0.25, 0.3) is 16.7 Å². The van der Waals surface area contributed by atoms with Crippen molar-refractivity contribution in [1.29, 1.82) is 5.26 Å². The Balaban J connectivity index is 1.24. The number of aromatic nitrogens is 2. The van der Waals surface area contributed by atoms with Gasteiger partial charge in [0.05, 0.1) is 69.0 Å². The number of aryl methyl sites for hydroxylation is 4. The van der Waals surface area contributed by atoms with E-state index in [1.165, 1.54) is 27.9 Å². The average molecular weight is 1190 g/mol. The Bertz CT molecular complexity index is 3980. The zero-order valence-electron chi connectivity index (χ0n) is 43.1. The molecule has 0 spiro atoms. The van der Waals surface area contributed by atoms with E-state index in [0.717, 1.165) is 5.56 Å². The van der Waals surface area contributed by atoms with Crippen molar-refractivity contribution in [3.05, 3.63) is 117 Å². The second-order valence-electron chi connectivity index (χ2n) is 17.9. The first-order valence-corrected chi connectivity index (χ1v) is 31.2. The minimum atomic E-state index is -4.25. The molecule has 4 N–H and O–H groups in total. The number of nitrogens with zero attached hydrogens (tertiary/aromatic N) is 11. The van der Waals surface area contributed by atoms with Gasteiger partial charge >= 0.3 is 0 Å². The molecule has 2 heterocycles. The molecule has 0 aliphatic carbocycles. The molecule has 0 saturated heterocycles. The molecule has 5 aromatic carbocycles. The lowest BCUT2D eigenvalue weighted by atomic mass is 10.1. The molecule has 79 heavy (non-hydrogen) atoms. The largest absolute Gasteiger partial charge is 0.493 e. The molecule has 0 aliphatic rings. The number of aromatic hydroxyl groups is 1. The van der Waals surface area contributed by atoms with Crippen LogP contribution in [0, 0.1) is 45.9 Å². The fourth-order valence-corrected chi connectivity index (χ4v) is 11.7. The molecule has 0 unspecified atom stereocenters. The van der Waals surface area contributed by atoms with E-state index in [1.54, 1.807) is 93.6 Å². The number of hydrogen-bond donors (Lipinski definition) is 4. The summed E-state index contributed by atoms with van der Waals surface area (Å²) in [5, 5.41) is 58.5. The predicted octanol–water partition coefficient (Wildman–Crippen LogP) is 14.7. The number of azo groups is 4. The normalized spacial score (nSPS) is 12.6. The summed E-state index contributed by atoms with van der Waals surface area (Å²) >= 11 is 8.57. The maximum Gasteiger partial charge on any atom is 0.264 e. The van der Waals surface area contributed by atoms with Gasteiger partial charge in [-0.2, -0.15) is 51.0 Å². The van der Waals surface area contributed by atoms with Gasteiger partial charge in [-0.1, -0.05) is 23.7 Å². The quantitative estimate of drug-likeness (QED) is 0.0189. The number of benzene rings is 5. The summed E-state index contributed by atoms with van der Waals surface area (Å²) < 4.78 is 105. The Kier molecular flexibility index (Phi) is 19.7. The van der Waals surface area contributed by atoms with Crippen LogP contribution in [0.1, 0.15) is 59.1 Å². The van der Waals surface area contributed by atoms with Gasteiger partial charge in [0, 0.05) is 26.4 Å². The summed E-state index contributed by atoms with van der Waals surface area (Å²) in [5.74, 6) is -1.02. The number of rotatable bonds is 24. The SMILES string of the molecule is Cc1cc(N=Nc2cc(SCCCS(=O)(=O)O)c(N=Nc3cc(OCCCCS(=O)(=O)O)c(N=Nc4c(C)c(C#N)c5nc6c(C)cccc6n5c4O)cc3C)cc2C)c(SCCCS(=O)(=O)O)cc1N=Nc1ccc(Cl)cc1. The maximum atomic E-state index is 11.7. The lowest BCUT2D eigenvalue weighted by Crippen LogP contribution is -2.06. The number of ether oxygens (including phenoxy) is 1. The van der Waals surface area contributed by atoms with Crippen LogP contribution >= 0.6 is 35.1 Å². The molecule has 0 radical (unpaired) electrons. The van der Waals surface area contributed by atoms with E-state index >= 15 is 0 Å². The molecule has 22 nitrogen and oxygen atoms in total. The third kappa shape index (κ3) is 16.4. The summed E-state index contributed by atoms with van der Waals surface area (Å²) in [4.78, 5) is 5.77. The third-order valence-corrected chi connectivity index (χ3v) is 16.7. The molecular formula is C51H52ClN11O11S5. The Morgan fingerprint density at radius 1 is 0.608 bits per heavy atom. The van der Waals surface area contributed by atoms with Crippen LogP contribution < -0.4 is 4.74 Å². The fourth-order valence-electron chi connectivity index (χ4n) is 7.68. The highest BCUT2D eigenvalue weighted by atomic mass is 35.5. The molecule has 0 bridgehead atoms. The summed E-state index contributed by atoms with van der Waals surface area (Å²) in [7, 11) is -12.7.